The molecule has 3 heteroatoms. The Morgan fingerprint density at radius 3 is 2.55 bits per heavy atom. The molecular weight excluding hydrogens is 253 g/mol. The van der Waals surface area contributed by atoms with Crippen LogP contribution in [-0.4, -0.2) is 12.1 Å². The molecule has 2 N–H and O–H groups in total. The molecule has 0 amide bonds. The first-order chi connectivity index (χ1) is 9.54. The molecule has 3 unspecified atom stereocenters. The highest BCUT2D eigenvalue weighted by atomic mass is 19.1. The Labute approximate surface area is 122 Å². The van der Waals surface area contributed by atoms with Crippen molar-refractivity contribution < 1.29 is 9.13 Å². The molecule has 2 nitrogen and oxygen atoms in total. The molecule has 0 saturated heterocycles. The van der Waals surface area contributed by atoms with E-state index in [0.717, 1.165) is 12.0 Å². The quantitative estimate of drug-likeness (QED) is 0.672. The lowest BCUT2D eigenvalue weighted by molar-refractivity contribution is -0.0196. The highest BCUT2D eigenvalue weighted by Gasteiger charge is 2.20. The lowest BCUT2D eigenvalue weighted by Crippen LogP contribution is -2.29. The van der Waals surface area contributed by atoms with E-state index in [1.165, 1.54) is 37.8 Å². The van der Waals surface area contributed by atoms with Crippen molar-refractivity contribution in [3.63, 3.8) is 0 Å². The van der Waals surface area contributed by atoms with Gasteiger partial charge in [0, 0.05) is 6.04 Å². The molecule has 3 atom stereocenters. The van der Waals surface area contributed by atoms with E-state index in [0.29, 0.717) is 0 Å². The van der Waals surface area contributed by atoms with Crippen molar-refractivity contribution >= 4 is 0 Å². The molecule has 1 rings (SSSR count). The molecule has 0 heterocycles. The lowest BCUT2D eigenvalue weighted by atomic mass is 10.0. The molecule has 114 valence electrons. The van der Waals surface area contributed by atoms with Crippen LogP contribution in [0, 0.1) is 5.82 Å². The van der Waals surface area contributed by atoms with Crippen molar-refractivity contribution in [3.05, 3.63) is 35.6 Å². The van der Waals surface area contributed by atoms with E-state index >= 15 is 0 Å². The summed E-state index contributed by atoms with van der Waals surface area (Å²) in [6.45, 7) is 6.18. The highest BCUT2D eigenvalue weighted by molar-refractivity contribution is 5.20. The maximum atomic E-state index is 13.3. The molecule has 0 fully saturated rings. The SMILES string of the molecule is CCCCCCC(C)OC(c1cccc(F)c1)C(C)N. The Kier molecular flexibility index (Phi) is 7.78. The Hall–Kier alpha value is -0.930. The molecule has 0 aliphatic carbocycles. The van der Waals surface area contributed by atoms with Gasteiger partial charge in [0.05, 0.1) is 12.2 Å². The third kappa shape index (κ3) is 6.02. The Morgan fingerprint density at radius 1 is 1.20 bits per heavy atom. The number of benzene rings is 1. The van der Waals surface area contributed by atoms with Crippen molar-refractivity contribution in [1.82, 2.24) is 0 Å². The molecule has 0 radical (unpaired) electrons. The second-order valence-electron chi connectivity index (χ2n) is 5.63. The fourth-order valence-electron chi connectivity index (χ4n) is 2.37. The van der Waals surface area contributed by atoms with Crippen molar-refractivity contribution in [1.29, 1.82) is 0 Å². The monoisotopic (exact) mass is 281 g/mol. The molecule has 1 aromatic rings. The number of hydrogen-bond donors (Lipinski definition) is 1. The summed E-state index contributed by atoms with van der Waals surface area (Å²) >= 11 is 0. The number of ether oxygens (including phenoxy) is 1. The molecule has 1 aromatic carbocycles. The van der Waals surface area contributed by atoms with E-state index in [9.17, 15) is 4.39 Å². The van der Waals surface area contributed by atoms with Crippen molar-refractivity contribution in [3.8, 4) is 0 Å². The van der Waals surface area contributed by atoms with Gasteiger partial charge >= 0.3 is 0 Å². The summed E-state index contributed by atoms with van der Waals surface area (Å²) in [5.74, 6) is -0.243. The fourth-order valence-corrected chi connectivity index (χ4v) is 2.37. The van der Waals surface area contributed by atoms with Gasteiger partial charge in [-0.15, -0.1) is 0 Å². The summed E-state index contributed by atoms with van der Waals surface area (Å²) in [6.07, 6.45) is 5.85. The molecular formula is C17H28FNO. The second-order valence-corrected chi connectivity index (χ2v) is 5.63. The van der Waals surface area contributed by atoms with Gasteiger partial charge in [0.1, 0.15) is 5.82 Å². The summed E-state index contributed by atoms with van der Waals surface area (Å²) in [5, 5.41) is 0. The van der Waals surface area contributed by atoms with Crippen molar-refractivity contribution in [2.75, 3.05) is 0 Å². The number of halogens is 1. The van der Waals surface area contributed by atoms with E-state index in [1.807, 2.05) is 13.0 Å². The summed E-state index contributed by atoms with van der Waals surface area (Å²) in [7, 11) is 0. The van der Waals surface area contributed by atoms with Gasteiger partial charge in [-0.05, 0) is 38.0 Å². The van der Waals surface area contributed by atoms with E-state index < -0.39 is 0 Å². The lowest BCUT2D eigenvalue weighted by Gasteiger charge is -2.26. The minimum Gasteiger partial charge on any atom is -0.369 e. The first kappa shape index (κ1) is 17.1. The summed E-state index contributed by atoms with van der Waals surface area (Å²) in [5.41, 5.74) is 6.82. The van der Waals surface area contributed by atoms with Crippen LogP contribution in [0.1, 0.15) is 64.5 Å². The van der Waals surface area contributed by atoms with Crippen LogP contribution < -0.4 is 5.73 Å². The first-order valence-corrected chi connectivity index (χ1v) is 7.71. The van der Waals surface area contributed by atoms with Gasteiger partial charge in [-0.3, -0.25) is 0 Å². The topological polar surface area (TPSA) is 35.2 Å². The smallest absolute Gasteiger partial charge is 0.123 e. The van der Waals surface area contributed by atoms with Crippen LogP contribution in [-0.2, 0) is 4.74 Å². The first-order valence-electron chi connectivity index (χ1n) is 7.71. The average Bonchev–Trinajstić information content (AvgIpc) is 2.40. The Balaban J connectivity index is 2.55. The van der Waals surface area contributed by atoms with Crippen LogP contribution in [0.5, 0.6) is 0 Å². The third-order valence-corrected chi connectivity index (χ3v) is 3.50. The molecule has 0 saturated carbocycles. The molecule has 0 aromatic heterocycles. The van der Waals surface area contributed by atoms with Gasteiger partial charge in [0.25, 0.3) is 0 Å². The van der Waals surface area contributed by atoms with E-state index in [4.69, 9.17) is 10.5 Å². The maximum absolute atomic E-state index is 13.3. The van der Waals surface area contributed by atoms with Gasteiger partial charge in [-0.2, -0.15) is 0 Å². The predicted molar refractivity (Wildman–Crippen MR) is 82.1 cm³/mol. The molecule has 0 spiro atoms. The molecule has 0 aliphatic rings. The normalized spacial score (nSPS) is 15.8. The van der Waals surface area contributed by atoms with Crippen molar-refractivity contribution in [2.24, 2.45) is 5.73 Å². The average molecular weight is 281 g/mol. The van der Waals surface area contributed by atoms with Gasteiger partial charge in [-0.1, -0.05) is 44.7 Å². The zero-order chi connectivity index (χ0) is 15.0. The van der Waals surface area contributed by atoms with E-state index in [1.54, 1.807) is 6.07 Å². The van der Waals surface area contributed by atoms with Crippen LogP contribution in [0.25, 0.3) is 0 Å². The number of rotatable bonds is 9. The predicted octanol–water partition coefficient (Wildman–Crippen LogP) is 4.59. The largest absolute Gasteiger partial charge is 0.369 e. The molecule has 0 bridgehead atoms. The van der Waals surface area contributed by atoms with Crippen LogP contribution in [0.4, 0.5) is 4.39 Å². The maximum Gasteiger partial charge on any atom is 0.123 e. The molecule has 0 aliphatic heterocycles. The Morgan fingerprint density at radius 2 is 1.95 bits per heavy atom. The fraction of sp³-hybridized carbons (Fsp3) is 0.647. The Bertz CT molecular complexity index is 381. The van der Waals surface area contributed by atoms with E-state index in [-0.39, 0.29) is 24.1 Å². The minimum atomic E-state index is -0.244. The third-order valence-electron chi connectivity index (χ3n) is 3.50. The van der Waals surface area contributed by atoms with Crippen LogP contribution >= 0.6 is 0 Å². The van der Waals surface area contributed by atoms with Crippen molar-refractivity contribution in [2.45, 2.75) is 71.1 Å². The summed E-state index contributed by atoms with van der Waals surface area (Å²) in [6, 6.07) is 6.37. The summed E-state index contributed by atoms with van der Waals surface area (Å²) in [4.78, 5) is 0. The second kappa shape index (κ2) is 9.09. The summed E-state index contributed by atoms with van der Waals surface area (Å²) < 4.78 is 19.4. The van der Waals surface area contributed by atoms with Gasteiger partial charge < -0.3 is 10.5 Å². The number of nitrogens with two attached hydrogens (primary N) is 1. The van der Waals surface area contributed by atoms with E-state index in [2.05, 4.69) is 13.8 Å². The number of hydrogen-bond acceptors (Lipinski definition) is 2. The zero-order valence-corrected chi connectivity index (χ0v) is 12.9. The standard InChI is InChI=1S/C17H28FNO/c1-4-5-6-7-9-13(2)20-17(14(3)19)15-10-8-11-16(18)12-15/h8,10-14,17H,4-7,9,19H2,1-3H3. The highest BCUT2D eigenvalue weighted by Crippen LogP contribution is 2.24. The van der Waals surface area contributed by atoms with Crippen LogP contribution in [0.3, 0.4) is 0 Å². The van der Waals surface area contributed by atoms with Gasteiger partial charge in [0.2, 0.25) is 0 Å². The number of unbranched alkanes of at least 4 members (excludes halogenated alkanes) is 3. The zero-order valence-electron chi connectivity index (χ0n) is 12.9. The van der Waals surface area contributed by atoms with Gasteiger partial charge in [0.15, 0.2) is 0 Å². The molecule has 20 heavy (non-hydrogen) atoms. The minimum absolute atomic E-state index is 0.145. The van der Waals surface area contributed by atoms with Crippen LogP contribution in [0.15, 0.2) is 24.3 Å². The van der Waals surface area contributed by atoms with Gasteiger partial charge in [-0.25, -0.2) is 4.39 Å². The van der Waals surface area contributed by atoms with Crippen LogP contribution in [0.2, 0.25) is 0 Å².